The maximum Gasteiger partial charge on any atom is 0.472 e. The van der Waals surface area contributed by atoms with Gasteiger partial charge in [-0.15, -0.1) is 0 Å². The van der Waals surface area contributed by atoms with E-state index in [1.54, 1.807) is 4.57 Å². The number of aliphatic hydroxyl groups is 1. The van der Waals surface area contributed by atoms with Gasteiger partial charge in [-0.2, -0.15) is 0 Å². The molecule has 2 aromatic heterocycles. The van der Waals surface area contributed by atoms with Gasteiger partial charge in [0.1, 0.15) is 24.6 Å². The zero-order valence-corrected chi connectivity index (χ0v) is 13.5. The number of rotatable bonds is 3. The molecule has 11 nitrogen and oxygen atoms in total. The van der Waals surface area contributed by atoms with Gasteiger partial charge in [0.15, 0.2) is 23.2 Å². The summed E-state index contributed by atoms with van der Waals surface area (Å²) in [6, 6.07) is 0. The molecule has 4 rings (SSSR count). The number of phosphoric ester groups is 1. The summed E-state index contributed by atoms with van der Waals surface area (Å²) in [5.41, 5.74) is 1.01. The van der Waals surface area contributed by atoms with Gasteiger partial charge in [-0.05, 0) is 6.92 Å². The van der Waals surface area contributed by atoms with E-state index in [0.29, 0.717) is 23.5 Å². The fraction of sp³-hybridized carbons (Fsp3) is 0.583. The third kappa shape index (κ3) is 2.50. The lowest BCUT2D eigenvalue weighted by Crippen LogP contribution is -2.39. The highest BCUT2D eigenvalue weighted by molar-refractivity contribution is 7.47. The van der Waals surface area contributed by atoms with E-state index in [9.17, 15) is 14.6 Å². The summed E-state index contributed by atoms with van der Waals surface area (Å²) in [7, 11) is -4.16. The molecule has 0 radical (unpaired) electrons. The van der Waals surface area contributed by atoms with Gasteiger partial charge in [0.25, 0.3) is 0 Å². The first-order chi connectivity index (χ1) is 11.5. The van der Waals surface area contributed by atoms with E-state index >= 15 is 0 Å². The van der Waals surface area contributed by atoms with Crippen LogP contribution in [0.5, 0.6) is 0 Å². The smallest absolute Gasteiger partial charge is 0.386 e. The van der Waals surface area contributed by atoms with Crippen molar-refractivity contribution in [2.45, 2.75) is 31.5 Å². The summed E-state index contributed by atoms with van der Waals surface area (Å²) in [5, 5.41) is 13.6. The predicted molar refractivity (Wildman–Crippen MR) is 80.1 cm³/mol. The average Bonchev–Trinajstić information content (AvgIpc) is 3.10. The second kappa shape index (κ2) is 5.73. The van der Waals surface area contributed by atoms with Gasteiger partial charge < -0.3 is 20.1 Å². The number of hydrogen-bond donors (Lipinski definition) is 3. The zero-order chi connectivity index (χ0) is 16.9. The molecule has 2 fully saturated rings. The number of anilines is 1. The van der Waals surface area contributed by atoms with Crippen molar-refractivity contribution in [3.8, 4) is 0 Å². The second-order valence-corrected chi connectivity index (χ2v) is 6.87. The highest BCUT2D eigenvalue weighted by atomic mass is 31.2. The first kappa shape index (κ1) is 15.9. The van der Waals surface area contributed by atoms with E-state index in [1.165, 1.54) is 12.7 Å². The highest BCUT2D eigenvalue weighted by Crippen LogP contribution is 2.52. The van der Waals surface area contributed by atoms with Gasteiger partial charge >= 0.3 is 7.82 Å². The quantitative estimate of drug-likeness (QED) is 0.644. The largest absolute Gasteiger partial charge is 0.472 e. The van der Waals surface area contributed by atoms with Crippen molar-refractivity contribution in [1.29, 1.82) is 0 Å². The summed E-state index contributed by atoms with van der Waals surface area (Å²) in [4.78, 5) is 22.0. The van der Waals surface area contributed by atoms with Crippen molar-refractivity contribution in [2.24, 2.45) is 0 Å². The maximum absolute atomic E-state index is 11.5. The number of aromatic nitrogens is 4. The molecule has 0 amide bonds. The Balaban J connectivity index is 1.69. The van der Waals surface area contributed by atoms with Gasteiger partial charge in [0.05, 0.1) is 12.9 Å². The predicted octanol–water partition coefficient (Wildman–Crippen LogP) is 0.0322. The molecule has 2 aliphatic rings. The monoisotopic (exact) mass is 357 g/mol. The molecule has 130 valence electrons. The Morgan fingerprint density at radius 2 is 2.29 bits per heavy atom. The summed E-state index contributed by atoms with van der Waals surface area (Å²) in [6.45, 7) is 2.46. The van der Waals surface area contributed by atoms with Gasteiger partial charge in [-0.1, -0.05) is 0 Å². The molecule has 24 heavy (non-hydrogen) atoms. The Morgan fingerprint density at radius 1 is 1.46 bits per heavy atom. The van der Waals surface area contributed by atoms with Gasteiger partial charge in [0.2, 0.25) is 0 Å². The number of hydrogen-bond acceptors (Lipinski definition) is 9. The van der Waals surface area contributed by atoms with Crippen LogP contribution >= 0.6 is 7.82 Å². The minimum Gasteiger partial charge on any atom is -0.386 e. The molecule has 2 aliphatic heterocycles. The fourth-order valence-electron chi connectivity index (χ4n) is 2.90. The Kier molecular flexibility index (Phi) is 3.79. The Bertz CT molecular complexity index is 814. The number of aliphatic hydroxyl groups excluding tert-OH is 1. The molecule has 2 saturated heterocycles. The topological polar surface area (TPSA) is 141 Å². The third-order valence-electron chi connectivity index (χ3n) is 3.94. The summed E-state index contributed by atoms with van der Waals surface area (Å²) >= 11 is 0. The third-order valence-corrected chi connectivity index (χ3v) is 4.93. The molecule has 1 unspecified atom stereocenters. The zero-order valence-electron chi connectivity index (χ0n) is 12.6. The number of fused-ring (bicyclic) bond motifs is 2. The minimum absolute atomic E-state index is 0.143. The molecule has 12 heteroatoms. The van der Waals surface area contributed by atoms with Crippen LogP contribution in [0.1, 0.15) is 13.2 Å². The van der Waals surface area contributed by atoms with Crippen molar-refractivity contribution in [2.75, 3.05) is 18.5 Å². The lowest BCUT2D eigenvalue weighted by atomic mass is 10.1. The molecular weight excluding hydrogens is 341 g/mol. The Labute approximate surface area is 136 Å². The SMILES string of the molecule is CCNc1ncnc2c1ncn2[C@@H]1O[C@@H]2COP(=O)(O)O[C@H]2[C@H]1O. The van der Waals surface area contributed by atoms with Crippen molar-refractivity contribution in [1.82, 2.24) is 19.5 Å². The second-order valence-electron chi connectivity index (χ2n) is 5.47. The summed E-state index contributed by atoms with van der Waals surface area (Å²) < 4.78 is 28.5. The molecule has 3 N–H and O–H groups in total. The van der Waals surface area contributed by atoms with E-state index < -0.39 is 32.4 Å². The van der Waals surface area contributed by atoms with Crippen LogP contribution in [-0.4, -0.2) is 61.0 Å². The maximum atomic E-state index is 11.5. The van der Waals surface area contributed by atoms with E-state index in [4.69, 9.17) is 13.8 Å². The van der Waals surface area contributed by atoms with Crippen LogP contribution in [-0.2, 0) is 18.3 Å². The van der Waals surface area contributed by atoms with Crippen molar-refractivity contribution in [3.63, 3.8) is 0 Å². The summed E-state index contributed by atoms with van der Waals surface area (Å²) in [5.74, 6) is 0.575. The Hall–Kier alpha value is -1.62. The average molecular weight is 357 g/mol. The lowest BCUT2D eigenvalue weighted by Gasteiger charge is -2.27. The molecule has 0 aliphatic carbocycles. The van der Waals surface area contributed by atoms with Crippen LogP contribution in [0, 0.1) is 0 Å². The molecule has 0 bridgehead atoms. The lowest BCUT2D eigenvalue weighted by molar-refractivity contribution is -0.0664. The van der Waals surface area contributed by atoms with Crippen molar-refractivity contribution in [3.05, 3.63) is 12.7 Å². The van der Waals surface area contributed by atoms with Crippen molar-refractivity contribution < 1.29 is 28.3 Å². The molecule has 0 aromatic carbocycles. The number of imidazole rings is 1. The van der Waals surface area contributed by atoms with Crippen LogP contribution in [0.4, 0.5) is 5.82 Å². The van der Waals surface area contributed by atoms with Crippen LogP contribution < -0.4 is 5.32 Å². The van der Waals surface area contributed by atoms with Gasteiger partial charge in [0, 0.05) is 6.54 Å². The van der Waals surface area contributed by atoms with Gasteiger partial charge in [-0.25, -0.2) is 19.5 Å². The van der Waals surface area contributed by atoms with Gasteiger partial charge in [-0.3, -0.25) is 13.6 Å². The molecule has 4 heterocycles. The molecule has 5 atom stereocenters. The molecular formula is C12H16N5O6P. The molecule has 0 spiro atoms. The van der Waals surface area contributed by atoms with E-state index in [1.807, 2.05) is 6.92 Å². The highest BCUT2D eigenvalue weighted by Gasteiger charge is 2.52. The fourth-order valence-corrected chi connectivity index (χ4v) is 3.86. The van der Waals surface area contributed by atoms with Crippen LogP contribution in [0.3, 0.4) is 0 Å². The first-order valence-corrected chi connectivity index (χ1v) is 8.90. The molecule has 2 aromatic rings. The number of nitrogens with zero attached hydrogens (tertiary/aromatic N) is 4. The minimum atomic E-state index is -4.16. The van der Waals surface area contributed by atoms with E-state index in [-0.39, 0.29) is 6.61 Å². The number of nitrogens with one attached hydrogen (secondary N) is 1. The van der Waals surface area contributed by atoms with Crippen LogP contribution in [0.15, 0.2) is 12.7 Å². The number of phosphoric acid groups is 1. The standard InChI is InChI=1S/C12H16N5O6P/c1-2-13-10-7-11(15-4-14-10)17(5-16-7)12-8(18)9-6(22-12)3-21-24(19,20)23-9/h4-6,8-9,12,18H,2-3H2,1H3,(H,19,20)(H,13,14,15)/t6-,8-,9-,12-/m1/s1. The van der Waals surface area contributed by atoms with E-state index in [0.717, 1.165) is 0 Å². The van der Waals surface area contributed by atoms with Crippen LogP contribution in [0.25, 0.3) is 11.2 Å². The Morgan fingerprint density at radius 3 is 3.08 bits per heavy atom. The summed E-state index contributed by atoms with van der Waals surface area (Å²) in [6.07, 6.45) is -0.802. The van der Waals surface area contributed by atoms with E-state index in [2.05, 4.69) is 20.3 Å². The molecule has 0 saturated carbocycles. The first-order valence-electron chi connectivity index (χ1n) is 7.41. The van der Waals surface area contributed by atoms with Crippen molar-refractivity contribution >= 4 is 24.8 Å². The number of ether oxygens (including phenoxy) is 1. The normalized spacial score (nSPS) is 36.0. The van der Waals surface area contributed by atoms with Crippen LogP contribution in [0.2, 0.25) is 0 Å².